The molecule has 0 atom stereocenters. The van der Waals surface area contributed by atoms with E-state index >= 15 is 0 Å². The van der Waals surface area contributed by atoms with Gasteiger partial charge in [-0.05, 0) is 18.2 Å². The first-order valence-electron chi connectivity index (χ1n) is 4.93. The third kappa shape index (κ3) is 1.49. The molecule has 58 valence electrons. The summed E-state index contributed by atoms with van der Waals surface area (Å²) >= 11 is 0. The fourth-order valence-electron chi connectivity index (χ4n) is 0.615. The molecule has 1 N–H and O–H groups in total. The van der Waals surface area contributed by atoms with Crippen LogP contribution in [0.15, 0.2) is 18.2 Å². The Morgan fingerprint density at radius 1 is 1.91 bits per heavy atom. The zero-order valence-corrected chi connectivity index (χ0v) is 5.50. The maximum absolute atomic E-state index is 10.7. The summed E-state index contributed by atoms with van der Waals surface area (Å²) in [4.78, 5) is 10.7. The maximum Gasteiger partial charge on any atom is 0.161 e. The Bertz CT molecular complexity index is 392. The van der Waals surface area contributed by atoms with Gasteiger partial charge in [0, 0.05) is 5.56 Å². The molecule has 0 radical (unpaired) electrons. The zero-order chi connectivity index (χ0) is 11.6. The molecule has 0 saturated carbocycles. The number of rotatable bonds is 2. The third-order valence-electron chi connectivity index (χ3n) is 1.12. The molecule has 0 aromatic heterocycles. The number of phenolic OH excluding ortho intramolecular Hbond substituents is 1. The van der Waals surface area contributed by atoms with Crippen molar-refractivity contribution >= 4 is 6.26 Å². The van der Waals surface area contributed by atoms with Crippen molar-refractivity contribution in [2.45, 2.75) is 0 Å². The number of methoxy groups -OCH3 is 1. The highest BCUT2D eigenvalue weighted by Crippen LogP contribution is 2.25. The van der Waals surface area contributed by atoms with Crippen molar-refractivity contribution in [3.63, 3.8) is 0 Å². The predicted octanol–water partition coefficient (Wildman–Crippen LogP) is 1.21. The molecule has 1 aromatic rings. The summed E-state index contributed by atoms with van der Waals surface area (Å²) in [7, 11) is -1.71. The molecule has 0 bridgehead atoms. The van der Waals surface area contributed by atoms with Crippen LogP contribution in [-0.2, 0) is 0 Å². The van der Waals surface area contributed by atoms with Crippen molar-refractivity contribution in [3.05, 3.63) is 23.7 Å². The van der Waals surface area contributed by atoms with E-state index in [2.05, 4.69) is 4.74 Å². The average Bonchev–Trinajstić information content (AvgIpc) is 2.11. The largest absolute Gasteiger partial charge is 0.504 e. The van der Waals surface area contributed by atoms with Crippen LogP contribution >= 0.6 is 0 Å². The SMILES string of the molecule is [2H]C(=O)c1ccc(O)c(OC([2H])[2H])c1[2H]. The summed E-state index contributed by atoms with van der Waals surface area (Å²) < 4.78 is 32.4. The lowest BCUT2D eigenvalue weighted by Gasteiger charge is -2.01. The second-order valence-corrected chi connectivity index (χ2v) is 1.81. The van der Waals surface area contributed by atoms with Gasteiger partial charge in [-0.15, -0.1) is 0 Å². The van der Waals surface area contributed by atoms with Crippen LogP contribution in [0.1, 0.15) is 15.8 Å². The van der Waals surface area contributed by atoms with Gasteiger partial charge in [-0.1, -0.05) is 0 Å². The standard InChI is InChI=1S/C8H8O3/c1-11-8-4-6(5-9)2-3-7(8)10/h2-5,10H,1H3/i1D2,4D,5D. The van der Waals surface area contributed by atoms with E-state index in [-0.39, 0.29) is 5.56 Å². The number of carbonyl (C=O) groups excluding carboxylic acids is 1. The lowest BCUT2D eigenvalue weighted by atomic mass is 10.2. The first-order chi connectivity index (χ1) is 6.93. The Labute approximate surface area is 69.9 Å². The number of benzene rings is 1. The van der Waals surface area contributed by atoms with E-state index in [1.54, 1.807) is 0 Å². The molecule has 0 aliphatic heterocycles. The van der Waals surface area contributed by atoms with Crippen molar-refractivity contribution < 1.29 is 20.1 Å². The van der Waals surface area contributed by atoms with E-state index in [0.717, 1.165) is 12.1 Å². The quantitative estimate of drug-likeness (QED) is 0.655. The molecule has 0 heterocycles. The van der Waals surface area contributed by atoms with E-state index in [4.69, 9.17) is 5.48 Å². The monoisotopic (exact) mass is 156 g/mol. The molecule has 0 unspecified atom stereocenters. The summed E-state index contributed by atoms with van der Waals surface area (Å²) in [5, 5.41) is 9.26. The third-order valence-corrected chi connectivity index (χ3v) is 1.12. The Hall–Kier alpha value is -1.51. The van der Waals surface area contributed by atoms with Crippen molar-refractivity contribution in [2.24, 2.45) is 0 Å². The normalized spacial score (nSPS) is 14.6. The van der Waals surface area contributed by atoms with Gasteiger partial charge in [-0.25, -0.2) is 0 Å². The minimum atomic E-state index is -1.71. The predicted molar refractivity (Wildman–Crippen MR) is 40.0 cm³/mol. The smallest absolute Gasteiger partial charge is 0.161 e. The van der Waals surface area contributed by atoms with Crippen LogP contribution in [0.5, 0.6) is 11.5 Å². The molecule has 0 amide bonds. The van der Waals surface area contributed by atoms with Crippen LogP contribution in [-0.4, -0.2) is 18.4 Å². The average molecular weight is 156 g/mol. The van der Waals surface area contributed by atoms with E-state index in [1.807, 2.05) is 0 Å². The van der Waals surface area contributed by atoms with E-state index in [9.17, 15) is 9.90 Å². The van der Waals surface area contributed by atoms with Gasteiger partial charge in [0.25, 0.3) is 0 Å². The summed E-state index contributed by atoms with van der Waals surface area (Å²) in [5.41, 5.74) is -0.247. The Kier molecular flexibility index (Phi) is 1.04. The number of carbonyl (C=O) groups is 1. The number of hydrogen-bond acceptors (Lipinski definition) is 3. The summed E-state index contributed by atoms with van der Waals surface area (Å²) in [6, 6.07) is 1.71. The minimum Gasteiger partial charge on any atom is -0.504 e. The molecule has 1 aromatic carbocycles. The lowest BCUT2D eigenvalue weighted by molar-refractivity contribution is 0.112. The molecule has 1 rings (SSSR count). The molecule has 0 aliphatic carbocycles. The van der Waals surface area contributed by atoms with E-state index in [0.29, 0.717) is 0 Å². The fraction of sp³-hybridized carbons (Fsp3) is 0.125. The molecular weight excluding hydrogens is 144 g/mol. The number of hydrogen-bond donors (Lipinski definition) is 1. The maximum atomic E-state index is 10.7. The number of aldehydes is 1. The van der Waals surface area contributed by atoms with Gasteiger partial charge < -0.3 is 9.84 Å². The summed E-state index contributed by atoms with van der Waals surface area (Å²) in [6.45, 7) is 0. The highest BCUT2D eigenvalue weighted by molar-refractivity contribution is 5.76. The lowest BCUT2D eigenvalue weighted by Crippen LogP contribution is -1.85. The summed E-state index contributed by atoms with van der Waals surface area (Å²) in [5.74, 6) is -0.863. The van der Waals surface area contributed by atoms with Crippen LogP contribution in [0.25, 0.3) is 0 Å². The van der Waals surface area contributed by atoms with Crippen LogP contribution < -0.4 is 4.74 Å². The molecule has 0 saturated heterocycles. The van der Waals surface area contributed by atoms with Crippen molar-refractivity contribution in [3.8, 4) is 11.5 Å². The molecule has 11 heavy (non-hydrogen) atoms. The molecule has 0 aliphatic rings. The van der Waals surface area contributed by atoms with Gasteiger partial charge in [0.2, 0.25) is 0 Å². The van der Waals surface area contributed by atoms with E-state index in [1.165, 1.54) is 0 Å². The van der Waals surface area contributed by atoms with Gasteiger partial charge in [0.15, 0.2) is 11.5 Å². The zero-order valence-electron chi connectivity index (χ0n) is 9.50. The topological polar surface area (TPSA) is 46.5 Å². The van der Waals surface area contributed by atoms with Crippen LogP contribution in [0.2, 0.25) is 0 Å². The summed E-state index contributed by atoms with van der Waals surface area (Å²) in [6.07, 6.45) is -1.09. The number of phenols is 1. The van der Waals surface area contributed by atoms with Crippen molar-refractivity contribution in [1.82, 2.24) is 0 Å². The second-order valence-electron chi connectivity index (χ2n) is 1.81. The first-order valence-corrected chi connectivity index (χ1v) is 2.78. The van der Waals surface area contributed by atoms with Crippen LogP contribution in [0.4, 0.5) is 0 Å². The number of aromatic hydroxyl groups is 1. The Morgan fingerprint density at radius 2 is 2.73 bits per heavy atom. The molecule has 0 fully saturated rings. The van der Waals surface area contributed by atoms with Gasteiger partial charge in [0.1, 0.15) is 7.63 Å². The van der Waals surface area contributed by atoms with Gasteiger partial charge >= 0.3 is 0 Å². The van der Waals surface area contributed by atoms with Crippen LogP contribution in [0, 0.1) is 0 Å². The minimum absolute atomic E-state index is 0.247. The Balaban J connectivity index is 3.24. The number of ether oxygens (including phenoxy) is 1. The first kappa shape index (κ1) is 3.76. The van der Waals surface area contributed by atoms with Gasteiger partial charge in [-0.2, -0.15) is 0 Å². The fourth-order valence-corrected chi connectivity index (χ4v) is 0.615. The molecule has 3 heteroatoms. The second kappa shape index (κ2) is 3.05. The van der Waals surface area contributed by atoms with E-state index < -0.39 is 30.9 Å². The molecule has 0 spiro atoms. The highest BCUT2D eigenvalue weighted by Gasteiger charge is 2.00. The van der Waals surface area contributed by atoms with Crippen LogP contribution in [0.3, 0.4) is 0 Å². The van der Waals surface area contributed by atoms with Crippen molar-refractivity contribution in [2.75, 3.05) is 7.06 Å². The highest BCUT2D eigenvalue weighted by atomic mass is 16.5. The van der Waals surface area contributed by atoms with Gasteiger partial charge in [0.05, 0.1) is 11.2 Å². The molecule has 3 nitrogen and oxygen atoms in total. The van der Waals surface area contributed by atoms with Gasteiger partial charge in [-0.3, -0.25) is 4.79 Å². The molecular formula is C8H8O3. The Morgan fingerprint density at radius 3 is 3.36 bits per heavy atom. The van der Waals surface area contributed by atoms with Crippen molar-refractivity contribution in [1.29, 1.82) is 0 Å².